The van der Waals surface area contributed by atoms with Gasteiger partial charge in [0.05, 0.1) is 0 Å². The highest BCUT2D eigenvalue weighted by atomic mass is 14.7. The monoisotopic (exact) mass is 155 g/mol. The van der Waals surface area contributed by atoms with Crippen molar-refractivity contribution in [1.82, 2.24) is 0 Å². The fourth-order valence-corrected chi connectivity index (χ4v) is 1.23. The summed E-state index contributed by atoms with van der Waals surface area (Å²) in [5.41, 5.74) is 0. The standard InChI is InChI=1S/C10H21N/c1-4-6-7-8-9-10(5-2)11-3/h10H,3-9H2,1-2H3. The molecule has 0 bridgehead atoms. The molecule has 0 aliphatic heterocycles. The van der Waals surface area contributed by atoms with Crippen molar-refractivity contribution in [2.24, 2.45) is 4.99 Å². The maximum absolute atomic E-state index is 4.05. The van der Waals surface area contributed by atoms with Gasteiger partial charge in [0.2, 0.25) is 0 Å². The van der Waals surface area contributed by atoms with Crippen molar-refractivity contribution in [3.63, 3.8) is 0 Å². The van der Waals surface area contributed by atoms with E-state index in [0.29, 0.717) is 6.04 Å². The van der Waals surface area contributed by atoms with Crippen LogP contribution in [0.4, 0.5) is 0 Å². The van der Waals surface area contributed by atoms with Gasteiger partial charge >= 0.3 is 0 Å². The molecular weight excluding hydrogens is 134 g/mol. The second-order valence-electron chi connectivity index (χ2n) is 3.09. The Hall–Kier alpha value is -0.330. The summed E-state index contributed by atoms with van der Waals surface area (Å²) in [6.07, 6.45) is 7.76. The van der Waals surface area contributed by atoms with Gasteiger partial charge in [-0.2, -0.15) is 0 Å². The van der Waals surface area contributed by atoms with Crippen molar-refractivity contribution in [2.45, 2.75) is 58.4 Å². The summed E-state index contributed by atoms with van der Waals surface area (Å²) in [5, 5.41) is 0. The van der Waals surface area contributed by atoms with Gasteiger partial charge < -0.3 is 0 Å². The first kappa shape index (κ1) is 10.7. The average Bonchev–Trinajstić information content (AvgIpc) is 2.05. The number of hydrogen-bond donors (Lipinski definition) is 0. The molecule has 0 aliphatic carbocycles. The predicted octanol–water partition coefficient (Wildman–Crippen LogP) is 3.44. The van der Waals surface area contributed by atoms with Crippen LogP contribution in [0.5, 0.6) is 0 Å². The van der Waals surface area contributed by atoms with Crippen molar-refractivity contribution < 1.29 is 0 Å². The number of unbranched alkanes of at least 4 members (excludes halogenated alkanes) is 3. The van der Waals surface area contributed by atoms with Crippen LogP contribution in [0.15, 0.2) is 4.99 Å². The van der Waals surface area contributed by atoms with E-state index in [2.05, 4.69) is 25.6 Å². The molecule has 0 saturated heterocycles. The lowest BCUT2D eigenvalue weighted by molar-refractivity contribution is 0.541. The van der Waals surface area contributed by atoms with E-state index < -0.39 is 0 Å². The first-order valence-corrected chi connectivity index (χ1v) is 4.81. The third-order valence-corrected chi connectivity index (χ3v) is 2.12. The zero-order valence-corrected chi connectivity index (χ0v) is 7.97. The largest absolute Gasteiger partial charge is 0.298 e. The highest BCUT2D eigenvalue weighted by Gasteiger charge is 2.00. The molecule has 0 saturated carbocycles. The molecule has 66 valence electrons. The minimum Gasteiger partial charge on any atom is -0.298 e. The van der Waals surface area contributed by atoms with Crippen molar-refractivity contribution in [1.29, 1.82) is 0 Å². The van der Waals surface area contributed by atoms with Crippen molar-refractivity contribution in [3.8, 4) is 0 Å². The van der Waals surface area contributed by atoms with E-state index in [1.807, 2.05) is 0 Å². The van der Waals surface area contributed by atoms with Crippen LogP contribution in [0.25, 0.3) is 0 Å². The zero-order chi connectivity index (χ0) is 8.53. The summed E-state index contributed by atoms with van der Waals surface area (Å²) in [6.45, 7) is 8.00. The number of aliphatic imine (C=N–C) groups is 1. The fourth-order valence-electron chi connectivity index (χ4n) is 1.23. The predicted molar refractivity (Wildman–Crippen MR) is 52.4 cm³/mol. The van der Waals surface area contributed by atoms with Gasteiger partial charge in [0.15, 0.2) is 0 Å². The first-order chi connectivity index (χ1) is 5.35. The lowest BCUT2D eigenvalue weighted by Gasteiger charge is -2.07. The molecular formula is C10H21N. The van der Waals surface area contributed by atoms with Crippen molar-refractivity contribution in [2.75, 3.05) is 0 Å². The van der Waals surface area contributed by atoms with E-state index in [9.17, 15) is 0 Å². The van der Waals surface area contributed by atoms with Crippen LogP contribution in [0.2, 0.25) is 0 Å². The molecule has 1 nitrogen and oxygen atoms in total. The lowest BCUT2D eigenvalue weighted by atomic mass is 10.1. The van der Waals surface area contributed by atoms with Gasteiger partial charge in [-0.3, -0.25) is 4.99 Å². The van der Waals surface area contributed by atoms with E-state index >= 15 is 0 Å². The van der Waals surface area contributed by atoms with E-state index in [0.717, 1.165) is 6.42 Å². The van der Waals surface area contributed by atoms with Crippen LogP contribution in [0.1, 0.15) is 52.4 Å². The van der Waals surface area contributed by atoms with Crippen molar-refractivity contribution >= 4 is 6.72 Å². The molecule has 11 heavy (non-hydrogen) atoms. The highest BCUT2D eigenvalue weighted by Crippen LogP contribution is 2.09. The van der Waals surface area contributed by atoms with E-state index in [1.54, 1.807) is 0 Å². The van der Waals surface area contributed by atoms with Gasteiger partial charge in [0, 0.05) is 6.04 Å². The summed E-state index contributed by atoms with van der Waals surface area (Å²) >= 11 is 0. The van der Waals surface area contributed by atoms with E-state index in [4.69, 9.17) is 0 Å². The maximum Gasteiger partial charge on any atom is 0.0489 e. The fraction of sp³-hybridized carbons (Fsp3) is 0.900. The average molecular weight is 155 g/mol. The summed E-state index contributed by atoms with van der Waals surface area (Å²) in [7, 11) is 0. The molecule has 1 atom stereocenters. The SMILES string of the molecule is C=NC(CC)CCCCCC. The van der Waals surface area contributed by atoms with Crippen LogP contribution in [0.3, 0.4) is 0 Å². The highest BCUT2D eigenvalue weighted by molar-refractivity contribution is 5.24. The van der Waals surface area contributed by atoms with Crippen LogP contribution in [-0.4, -0.2) is 12.8 Å². The van der Waals surface area contributed by atoms with Gasteiger partial charge in [-0.1, -0.05) is 39.5 Å². The Morgan fingerprint density at radius 3 is 2.36 bits per heavy atom. The molecule has 1 unspecified atom stereocenters. The minimum absolute atomic E-state index is 0.520. The molecule has 0 N–H and O–H groups in total. The lowest BCUT2D eigenvalue weighted by Crippen LogP contribution is -2.00. The molecule has 0 aromatic rings. The molecule has 0 amide bonds. The van der Waals surface area contributed by atoms with Gasteiger partial charge in [0.1, 0.15) is 0 Å². The van der Waals surface area contributed by atoms with Gasteiger partial charge in [-0.25, -0.2) is 0 Å². The number of hydrogen-bond acceptors (Lipinski definition) is 1. The normalized spacial score (nSPS) is 12.9. The molecule has 0 spiro atoms. The van der Waals surface area contributed by atoms with Crippen LogP contribution >= 0.6 is 0 Å². The first-order valence-electron chi connectivity index (χ1n) is 4.81. The van der Waals surface area contributed by atoms with Crippen LogP contribution in [0, 0.1) is 0 Å². The second kappa shape index (κ2) is 7.77. The Labute approximate surface area is 70.9 Å². The Morgan fingerprint density at radius 1 is 1.18 bits per heavy atom. The summed E-state index contributed by atoms with van der Waals surface area (Å²) in [5.74, 6) is 0. The third-order valence-electron chi connectivity index (χ3n) is 2.12. The van der Waals surface area contributed by atoms with Gasteiger partial charge in [-0.05, 0) is 19.6 Å². The van der Waals surface area contributed by atoms with Gasteiger partial charge in [0.25, 0.3) is 0 Å². The molecule has 0 rings (SSSR count). The second-order valence-corrected chi connectivity index (χ2v) is 3.09. The molecule has 0 heterocycles. The maximum atomic E-state index is 4.05. The molecule has 0 aromatic heterocycles. The van der Waals surface area contributed by atoms with E-state index in [1.165, 1.54) is 32.1 Å². The van der Waals surface area contributed by atoms with Gasteiger partial charge in [-0.15, -0.1) is 0 Å². The molecule has 0 aromatic carbocycles. The zero-order valence-electron chi connectivity index (χ0n) is 7.97. The Bertz CT molecular complexity index is 88.9. The molecule has 0 aliphatic rings. The Morgan fingerprint density at radius 2 is 1.91 bits per heavy atom. The number of rotatable bonds is 7. The van der Waals surface area contributed by atoms with E-state index in [-0.39, 0.29) is 0 Å². The van der Waals surface area contributed by atoms with Crippen molar-refractivity contribution in [3.05, 3.63) is 0 Å². The molecule has 0 radical (unpaired) electrons. The summed E-state index contributed by atoms with van der Waals surface area (Å²) in [6, 6.07) is 0.520. The Kier molecular flexibility index (Phi) is 7.54. The minimum atomic E-state index is 0.520. The summed E-state index contributed by atoms with van der Waals surface area (Å²) < 4.78 is 0. The summed E-state index contributed by atoms with van der Waals surface area (Å²) in [4.78, 5) is 4.05. The number of nitrogens with zero attached hydrogens (tertiary/aromatic N) is 1. The smallest absolute Gasteiger partial charge is 0.0489 e. The topological polar surface area (TPSA) is 12.4 Å². The third kappa shape index (κ3) is 6.08. The quantitative estimate of drug-likeness (QED) is 0.394. The molecule has 0 fully saturated rings. The Balaban J connectivity index is 3.14. The molecule has 1 heteroatoms. The van der Waals surface area contributed by atoms with Crippen LogP contribution < -0.4 is 0 Å². The van der Waals surface area contributed by atoms with Crippen LogP contribution in [-0.2, 0) is 0 Å².